The van der Waals surface area contributed by atoms with Crippen LogP contribution in [0, 0.1) is 0 Å². The number of carbonyl (C=O) groups excluding carboxylic acids is 1. The van der Waals surface area contributed by atoms with E-state index >= 15 is 0 Å². The predicted octanol–water partition coefficient (Wildman–Crippen LogP) is 4.53. The van der Waals surface area contributed by atoms with Crippen molar-refractivity contribution in [2.75, 3.05) is 31.1 Å². The molecule has 134 valence electrons. The molecule has 8 heteroatoms. The fourth-order valence-electron chi connectivity index (χ4n) is 2.47. The minimum Gasteiger partial charge on any atom is -0.444 e. The first-order chi connectivity index (χ1) is 11.0. The van der Waals surface area contributed by atoms with Crippen LogP contribution in [0.4, 0.5) is 23.7 Å². The molecule has 1 fully saturated rings. The number of halogens is 4. The second-order valence-electron chi connectivity index (χ2n) is 6.61. The number of carbonyl (C=O) groups is 1. The number of ether oxygens (including phenoxy) is 1. The highest BCUT2D eigenvalue weighted by Crippen LogP contribution is 2.38. The van der Waals surface area contributed by atoms with Crippen molar-refractivity contribution >= 4 is 27.7 Å². The van der Waals surface area contributed by atoms with Gasteiger partial charge in [0.2, 0.25) is 0 Å². The average Bonchev–Trinajstić information content (AvgIpc) is 2.44. The summed E-state index contributed by atoms with van der Waals surface area (Å²) in [5.74, 6) is 0. The van der Waals surface area contributed by atoms with E-state index in [4.69, 9.17) is 4.74 Å². The van der Waals surface area contributed by atoms with Crippen LogP contribution in [0.1, 0.15) is 26.3 Å². The first kappa shape index (κ1) is 18.9. The Bertz CT molecular complexity index is 606. The van der Waals surface area contributed by atoms with E-state index in [1.807, 2.05) is 0 Å². The van der Waals surface area contributed by atoms with Crippen LogP contribution >= 0.6 is 15.9 Å². The molecule has 0 N–H and O–H groups in total. The minimum absolute atomic E-state index is 0.134. The van der Waals surface area contributed by atoms with Gasteiger partial charge in [-0.2, -0.15) is 13.2 Å². The summed E-state index contributed by atoms with van der Waals surface area (Å²) in [5, 5.41) is 0. The van der Waals surface area contributed by atoms with Crippen LogP contribution in [0.5, 0.6) is 0 Å². The van der Waals surface area contributed by atoms with Crippen molar-refractivity contribution in [2.45, 2.75) is 32.5 Å². The zero-order chi connectivity index (χ0) is 18.1. The van der Waals surface area contributed by atoms with Crippen molar-refractivity contribution in [2.24, 2.45) is 0 Å². The number of hydrogen-bond donors (Lipinski definition) is 0. The van der Waals surface area contributed by atoms with Gasteiger partial charge in [0.1, 0.15) is 5.60 Å². The second kappa shape index (κ2) is 6.82. The Hall–Kier alpha value is -1.44. The fourth-order valence-corrected chi connectivity index (χ4v) is 2.83. The summed E-state index contributed by atoms with van der Waals surface area (Å²) >= 11 is 3.08. The number of anilines is 1. The third kappa shape index (κ3) is 4.78. The summed E-state index contributed by atoms with van der Waals surface area (Å²) in [7, 11) is 0. The van der Waals surface area contributed by atoms with E-state index in [1.54, 1.807) is 31.7 Å². The van der Waals surface area contributed by atoms with Crippen LogP contribution in [0.2, 0.25) is 0 Å². The summed E-state index contributed by atoms with van der Waals surface area (Å²) in [6.07, 6.45) is -4.87. The molecule has 0 radical (unpaired) electrons. The van der Waals surface area contributed by atoms with Gasteiger partial charge in [-0.1, -0.05) is 15.9 Å². The lowest BCUT2D eigenvalue weighted by Gasteiger charge is -2.37. The Morgan fingerprint density at radius 3 is 2.21 bits per heavy atom. The Morgan fingerprint density at radius 2 is 1.71 bits per heavy atom. The molecule has 4 nitrogen and oxygen atoms in total. The zero-order valence-corrected chi connectivity index (χ0v) is 15.4. The normalized spacial score (nSPS) is 16.3. The van der Waals surface area contributed by atoms with Crippen molar-refractivity contribution in [3.05, 3.63) is 28.2 Å². The van der Waals surface area contributed by atoms with Gasteiger partial charge in [0.15, 0.2) is 0 Å². The van der Waals surface area contributed by atoms with E-state index < -0.39 is 23.4 Å². The maximum Gasteiger partial charge on any atom is 0.418 e. The highest BCUT2D eigenvalue weighted by atomic mass is 79.9. The van der Waals surface area contributed by atoms with Gasteiger partial charge < -0.3 is 14.5 Å². The van der Waals surface area contributed by atoms with Gasteiger partial charge >= 0.3 is 12.3 Å². The molecule has 0 saturated carbocycles. The van der Waals surface area contributed by atoms with Crippen LogP contribution in [-0.4, -0.2) is 42.8 Å². The van der Waals surface area contributed by atoms with Gasteiger partial charge in [0.05, 0.1) is 5.56 Å². The van der Waals surface area contributed by atoms with Crippen LogP contribution in [0.25, 0.3) is 0 Å². The van der Waals surface area contributed by atoms with Crippen LogP contribution < -0.4 is 4.90 Å². The smallest absolute Gasteiger partial charge is 0.418 e. The molecule has 24 heavy (non-hydrogen) atoms. The predicted molar refractivity (Wildman–Crippen MR) is 89.2 cm³/mol. The zero-order valence-electron chi connectivity index (χ0n) is 13.8. The molecule has 1 aliphatic heterocycles. The molecule has 1 aromatic rings. The van der Waals surface area contributed by atoms with Crippen molar-refractivity contribution in [3.63, 3.8) is 0 Å². The van der Waals surface area contributed by atoms with Gasteiger partial charge in [-0.05, 0) is 39.0 Å². The van der Waals surface area contributed by atoms with Crippen molar-refractivity contribution < 1.29 is 22.7 Å². The Kier molecular flexibility index (Phi) is 5.37. The van der Waals surface area contributed by atoms with Gasteiger partial charge in [-0.3, -0.25) is 0 Å². The van der Waals surface area contributed by atoms with E-state index in [2.05, 4.69) is 15.9 Å². The lowest BCUT2D eigenvalue weighted by molar-refractivity contribution is -0.137. The SMILES string of the molecule is CC(C)(C)OC(=O)N1CCN(c2ccc(Br)cc2C(F)(F)F)CC1. The molecule has 0 unspecified atom stereocenters. The molecule has 0 atom stereocenters. The number of rotatable bonds is 1. The molecule has 1 heterocycles. The molecule has 1 aromatic carbocycles. The number of hydrogen-bond acceptors (Lipinski definition) is 3. The van der Waals surface area contributed by atoms with E-state index in [1.165, 1.54) is 11.0 Å². The highest BCUT2D eigenvalue weighted by Gasteiger charge is 2.36. The highest BCUT2D eigenvalue weighted by molar-refractivity contribution is 9.10. The number of alkyl halides is 3. The molecule has 1 aliphatic rings. The Balaban J connectivity index is 2.09. The molecular formula is C16H20BrF3N2O2. The topological polar surface area (TPSA) is 32.8 Å². The molecular weight excluding hydrogens is 389 g/mol. The summed E-state index contributed by atoms with van der Waals surface area (Å²) in [6, 6.07) is 4.12. The average molecular weight is 409 g/mol. The van der Waals surface area contributed by atoms with E-state index in [0.29, 0.717) is 30.7 Å². The first-order valence-corrected chi connectivity index (χ1v) is 8.36. The molecule has 0 aromatic heterocycles. The van der Waals surface area contributed by atoms with E-state index in [-0.39, 0.29) is 5.69 Å². The molecule has 0 aliphatic carbocycles. The van der Waals surface area contributed by atoms with Crippen molar-refractivity contribution in [1.82, 2.24) is 4.90 Å². The first-order valence-electron chi connectivity index (χ1n) is 7.57. The maximum atomic E-state index is 13.2. The quantitative estimate of drug-likeness (QED) is 0.684. The van der Waals surface area contributed by atoms with Gasteiger partial charge in [0, 0.05) is 36.3 Å². The Labute approximate surface area is 147 Å². The van der Waals surface area contributed by atoms with Gasteiger partial charge in [-0.15, -0.1) is 0 Å². The molecule has 2 rings (SSSR count). The summed E-state index contributed by atoms with van der Waals surface area (Å²) in [6.45, 7) is 6.62. The number of benzene rings is 1. The van der Waals surface area contributed by atoms with Crippen LogP contribution in [-0.2, 0) is 10.9 Å². The van der Waals surface area contributed by atoms with E-state index in [9.17, 15) is 18.0 Å². The number of amides is 1. The third-order valence-electron chi connectivity index (χ3n) is 3.54. The monoisotopic (exact) mass is 408 g/mol. The third-order valence-corrected chi connectivity index (χ3v) is 4.03. The Morgan fingerprint density at radius 1 is 1.12 bits per heavy atom. The van der Waals surface area contributed by atoms with Gasteiger partial charge in [-0.25, -0.2) is 4.79 Å². The lowest BCUT2D eigenvalue weighted by atomic mass is 10.1. The van der Waals surface area contributed by atoms with Crippen molar-refractivity contribution in [3.8, 4) is 0 Å². The molecule has 0 bridgehead atoms. The summed E-state index contributed by atoms with van der Waals surface area (Å²) in [4.78, 5) is 15.2. The summed E-state index contributed by atoms with van der Waals surface area (Å²) in [5.41, 5.74) is -1.14. The fraction of sp³-hybridized carbons (Fsp3) is 0.562. The largest absolute Gasteiger partial charge is 0.444 e. The molecule has 0 spiro atoms. The summed E-state index contributed by atoms with van der Waals surface area (Å²) < 4.78 is 45.4. The minimum atomic E-state index is -4.43. The van der Waals surface area contributed by atoms with Crippen molar-refractivity contribution in [1.29, 1.82) is 0 Å². The van der Waals surface area contributed by atoms with E-state index in [0.717, 1.165) is 6.07 Å². The van der Waals surface area contributed by atoms with Crippen LogP contribution in [0.15, 0.2) is 22.7 Å². The molecule has 1 saturated heterocycles. The second-order valence-corrected chi connectivity index (χ2v) is 7.53. The van der Waals surface area contributed by atoms with Crippen LogP contribution in [0.3, 0.4) is 0 Å². The lowest BCUT2D eigenvalue weighted by Crippen LogP contribution is -2.50. The van der Waals surface area contributed by atoms with Gasteiger partial charge in [0.25, 0.3) is 0 Å². The number of piperazine rings is 1. The molecule has 1 amide bonds. The maximum absolute atomic E-state index is 13.2. The standard InChI is InChI=1S/C16H20BrF3N2O2/c1-15(2,3)24-14(23)22-8-6-21(7-9-22)13-5-4-11(17)10-12(13)16(18,19)20/h4-5,10H,6-9H2,1-3H3. The number of nitrogens with zero attached hydrogens (tertiary/aromatic N) is 2.